The van der Waals surface area contributed by atoms with Crippen LogP contribution in [0.3, 0.4) is 0 Å². The van der Waals surface area contributed by atoms with E-state index >= 15 is 0 Å². The third kappa shape index (κ3) is 6.86. The predicted molar refractivity (Wildman–Crippen MR) is 89.1 cm³/mol. The van der Waals surface area contributed by atoms with Gasteiger partial charge < -0.3 is 11.1 Å². The molecule has 0 atom stereocenters. The molecule has 0 bridgehead atoms. The van der Waals surface area contributed by atoms with Gasteiger partial charge in [0.25, 0.3) is 0 Å². The van der Waals surface area contributed by atoms with E-state index in [2.05, 4.69) is 15.3 Å². The van der Waals surface area contributed by atoms with Gasteiger partial charge in [0.05, 0.1) is 5.75 Å². The molecule has 1 aromatic heterocycles. The quantitative estimate of drug-likeness (QED) is 0.383. The number of nitrogens with zero attached hydrogens (tertiary/aromatic N) is 3. The van der Waals surface area contributed by atoms with Crippen LogP contribution >= 0.6 is 0 Å². The van der Waals surface area contributed by atoms with Crippen molar-refractivity contribution in [3.05, 3.63) is 30.1 Å². The number of nitrogens with two attached hydrogens (primary N) is 1. The van der Waals surface area contributed by atoms with Crippen LogP contribution < -0.4 is 11.1 Å². The zero-order chi connectivity index (χ0) is 16.4. The molecule has 1 heterocycles. The number of rotatable bonds is 9. The molecule has 124 valence electrons. The molecular formula is C14H25N5O2S. The summed E-state index contributed by atoms with van der Waals surface area (Å²) in [5.74, 6) is 0.487. The first kappa shape index (κ1) is 18.4. The standard InChI is InChI=1S/C14H25N5O2S/c1-3-22(20,21)19(2)12-6-10-17-14(15)18-11-8-13-7-4-5-9-16-13/h4-5,7,9H,3,6,8,10-12H2,1-2H3,(H3,15,17,18). The molecule has 8 heteroatoms. The summed E-state index contributed by atoms with van der Waals surface area (Å²) >= 11 is 0. The highest BCUT2D eigenvalue weighted by molar-refractivity contribution is 7.89. The van der Waals surface area contributed by atoms with Crippen LogP contribution in [-0.4, -0.2) is 56.1 Å². The van der Waals surface area contributed by atoms with E-state index in [1.807, 2.05) is 18.2 Å². The predicted octanol–water partition coefficient (Wildman–Crippen LogP) is 0.200. The van der Waals surface area contributed by atoms with Crippen molar-refractivity contribution in [1.82, 2.24) is 14.6 Å². The maximum Gasteiger partial charge on any atom is 0.213 e. The molecule has 7 nitrogen and oxygen atoms in total. The van der Waals surface area contributed by atoms with Gasteiger partial charge in [-0.05, 0) is 25.5 Å². The minimum Gasteiger partial charge on any atom is -0.370 e. The van der Waals surface area contributed by atoms with Gasteiger partial charge in [0.1, 0.15) is 0 Å². The number of hydrogen-bond acceptors (Lipinski definition) is 4. The molecule has 0 aliphatic carbocycles. The van der Waals surface area contributed by atoms with Crippen LogP contribution in [0.2, 0.25) is 0 Å². The lowest BCUT2D eigenvalue weighted by molar-refractivity contribution is 0.465. The van der Waals surface area contributed by atoms with Crippen LogP contribution in [0.4, 0.5) is 0 Å². The van der Waals surface area contributed by atoms with Crippen LogP contribution in [0.5, 0.6) is 0 Å². The Balaban J connectivity index is 2.21. The summed E-state index contributed by atoms with van der Waals surface area (Å²) in [6, 6.07) is 5.78. The minimum atomic E-state index is -3.11. The molecule has 0 amide bonds. The fraction of sp³-hybridized carbons (Fsp3) is 0.571. The fourth-order valence-corrected chi connectivity index (χ4v) is 2.62. The van der Waals surface area contributed by atoms with Gasteiger partial charge in [-0.2, -0.15) is 0 Å². The van der Waals surface area contributed by atoms with Crippen LogP contribution in [-0.2, 0) is 16.4 Å². The van der Waals surface area contributed by atoms with Gasteiger partial charge in [0.2, 0.25) is 10.0 Å². The molecule has 0 aliphatic heterocycles. The average Bonchev–Trinajstić information content (AvgIpc) is 2.52. The summed E-state index contributed by atoms with van der Waals surface area (Å²) < 4.78 is 24.5. The molecule has 0 spiro atoms. The van der Waals surface area contributed by atoms with E-state index in [1.54, 1.807) is 20.2 Å². The van der Waals surface area contributed by atoms with Gasteiger partial charge in [-0.25, -0.2) is 12.7 Å². The Kier molecular flexibility index (Phi) is 7.83. The summed E-state index contributed by atoms with van der Waals surface area (Å²) in [7, 11) is -1.53. The van der Waals surface area contributed by atoms with Crippen LogP contribution in [0, 0.1) is 0 Å². The number of pyridine rings is 1. The van der Waals surface area contributed by atoms with Crippen molar-refractivity contribution in [2.45, 2.75) is 19.8 Å². The second kappa shape index (κ2) is 9.37. The summed E-state index contributed by atoms with van der Waals surface area (Å²) in [4.78, 5) is 8.39. The van der Waals surface area contributed by atoms with Gasteiger partial charge in [-0.1, -0.05) is 6.07 Å². The lowest BCUT2D eigenvalue weighted by Gasteiger charge is -2.14. The molecule has 0 unspecified atom stereocenters. The highest BCUT2D eigenvalue weighted by atomic mass is 32.2. The Hall–Kier alpha value is -1.67. The Labute approximate surface area is 132 Å². The molecule has 0 fully saturated rings. The molecule has 0 saturated carbocycles. The SMILES string of the molecule is CCS(=O)(=O)N(C)CCCN=C(N)NCCc1ccccn1. The van der Waals surface area contributed by atoms with E-state index in [0.29, 0.717) is 32.0 Å². The topological polar surface area (TPSA) is 101 Å². The van der Waals surface area contributed by atoms with Crippen LogP contribution in [0.15, 0.2) is 29.4 Å². The van der Waals surface area contributed by atoms with Crippen molar-refractivity contribution >= 4 is 16.0 Å². The van der Waals surface area contributed by atoms with Gasteiger partial charge in [-0.15, -0.1) is 0 Å². The highest BCUT2D eigenvalue weighted by Gasteiger charge is 2.13. The van der Waals surface area contributed by atoms with Crippen molar-refractivity contribution in [2.75, 3.05) is 32.4 Å². The summed E-state index contributed by atoms with van der Waals surface area (Å²) in [6.45, 7) is 3.23. The van der Waals surface area contributed by atoms with Crippen molar-refractivity contribution in [3.8, 4) is 0 Å². The molecule has 0 aromatic carbocycles. The highest BCUT2D eigenvalue weighted by Crippen LogP contribution is 1.98. The Morgan fingerprint density at radius 1 is 1.45 bits per heavy atom. The third-order valence-corrected chi connectivity index (χ3v) is 5.03. The number of guanidine groups is 1. The summed E-state index contributed by atoms with van der Waals surface area (Å²) in [5.41, 5.74) is 6.75. The lowest BCUT2D eigenvalue weighted by Crippen LogP contribution is -2.34. The number of aliphatic imine (C=N–C) groups is 1. The number of sulfonamides is 1. The van der Waals surface area contributed by atoms with E-state index in [0.717, 1.165) is 12.1 Å². The third-order valence-electron chi connectivity index (χ3n) is 3.17. The van der Waals surface area contributed by atoms with Crippen LogP contribution in [0.25, 0.3) is 0 Å². The first-order chi connectivity index (χ1) is 10.5. The number of hydrogen-bond donors (Lipinski definition) is 2. The van der Waals surface area contributed by atoms with Gasteiger partial charge in [0.15, 0.2) is 5.96 Å². The molecular weight excluding hydrogens is 302 g/mol. The molecule has 3 N–H and O–H groups in total. The smallest absolute Gasteiger partial charge is 0.213 e. The van der Waals surface area contributed by atoms with Crippen molar-refractivity contribution < 1.29 is 8.42 Å². The second-order valence-electron chi connectivity index (χ2n) is 4.84. The zero-order valence-corrected chi connectivity index (χ0v) is 14.0. The number of aromatic nitrogens is 1. The van der Waals surface area contributed by atoms with E-state index in [9.17, 15) is 8.42 Å². The lowest BCUT2D eigenvalue weighted by atomic mass is 10.3. The van der Waals surface area contributed by atoms with E-state index < -0.39 is 10.0 Å². The van der Waals surface area contributed by atoms with Crippen LogP contribution in [0.1, 0.15) is 19.0 Å². The largest absolute Gasteiger partial charge is 0.370 e. The van der Waals surface area contributed by atoms with E-state index in [-0.39, 0.29) is 5.75 Å². The van der Waals surface area contributed by atoms with Crippen molar-refractivity contribution in [3.63, 3.8) is 0 Å². The van der Waals surface area contributed by atoms with Crippen molar-refractivity contribution in [1.29, 1.82) is 0 Å². The fourth-order valence-electron chi connectivity index (χ4n) is 1.77. The zero-order valence-electron chi connectivity index (χ0n) is 13.2. The van der Waals surface area contributed by atoms with Gasteiger partial charge in [0, 0.05) is 45.0 Å². The molecule has 0 radical (unpaired) electrons. The first-order valence-electron chi connectivity index (χ1n) is 7.33. The number of nitrogens with one attached hydrogen (secondary N) is 1. The molecule has 1 rings (SSSR count). The maximum atomic E-state index is 11.6. The molecule has 0 saturated heterocycles. The summed E-state index contributed by atoms with van der Waals surface area (Å²) in [5, 5.41) is 3.02. The maximum absolute atomic E-state index is 11.6. The Morgan fingerprint density at radius 2 is 2.23 bits per heavy atom. The average molecular weight is 327 g/mol. The second-order valence-corrected chi connectivity index (χ2v) is 7.20. The minimum absolute atomic E-state index is 0.115. The van der Waals surface area contributed by atoms with E-state index in [1.165, 1.54) is 4.31 Å². The molecule has 22 heavy (non-hydrogen) atoms. The van der Waals surface area contributed by atoms with E-state index in [4.69, 9.17) is 5.73 Å². The summed E-state index contributed by atoms with van der Waals surface area (Å²) in [6.07, 6.45) is 3.17. The molecule has 1 aromatic rings. The van der Waals surface area contributed by atoms with Gasteiger partial charge in [-0.3, -0.25) is 9.98 Å². The van der Waals surface area contributed by atoms with Crippen molar-refractivity contribution in [2.24, 2.45) is 10.7 Å². The van der Waals surface area contributed by atoms with Gasteiger partial charge >= 0.3 is 0 Å². The molecule has 0 aliphatic rings. The normalized spacial score (nSPS) is 12.6. The monoisotopic (exact) mass is 327 g/mol. The first-order valence-corrected chi connectivity index (χ1v) is 8.94. The Morgan fingerprint density at radius 3 is 2.86 bits per heavy atom. The Bertz CT molecular complexity index is 560.